The molecule has 0 spiro atoms. The van der Waals surface area contributed by atoms with Crippen LogP contribution in [0.2, 0.25) is 0 Å². The normalized spacial score (nSPS) is 23.8. The van der Waals surface area contributed by atoms with Gasteiger partial charge in [-0.1, -0.05) is 20.8 Å². The summed E-state index contributed by atoms with van der Waals surface area (Å²) in [4.78, 5) is 0. The SMILES string of the molecule is COc1ccc2c(c1)C(O)CC(C(C)(C)C)O2. The lowest BCUT2D eigenvalue weighted by molar-refractivity contribution is 0.00786. The van der Waals surface area contributed by atoms with E-state index < -0.39 is 6.10 Å². The Hall–Kier alpha value is -1.22. The maximum absolute atomic E-state index is 10.2. The maximum atomic E-state index is 10.2. The molecule has 2 unspecified atom stereocenters. The molecule has 0 saturated heterocycles. The fraction of sp³-hybridized carbons (Fsp3) is 0.571. The van der Waals surface area contributed by atoms with Crippen LogP contribution in [0.15, 0.2) is 18.2 Å². The molecule has 1 heterocycles. The first-order valence-corrected chi connectivity index (χ1v) is 5.94. The molecule has 0 amide bonds. The number of aliphatic hydroxyl groups is 1. The van der Waals surface area contributed by atoms with Crippen molar-refractivity contribution >= 4 is 0 Å². The molecule has 0 radical (unpaired) electrons. The van der Waals surface area contributed by atoms with Gasteiger partial charge >= 0.3 is 0 Å². The zero-order chi connectivity index (χ0) is 12.6. The molecule has 0 fully saturated rings. The fourth-order valence-corrected chi connectivity index (χ4v) is 2.08. The molecule has 1 aromatic carbocycles. The summed E-state index contributed by atoms with van der Waals surface area (Å²) in [5, 5.41) is 10.2. The van der Waals surface area contributed by atoms with Crippen molar-refractivity contribution in [2.45, 2.75) is 39.4 Å². The molecule has 17 heavy (non-hydrogen) atoms. The van der Waals surface area contributed by atoms with Crippen molar-refractivity contribution in [2.75, 3.05) is 7.11 Å². The molecule has 0 aromatic heterocycles. The van der Waals surface area contributed by atoms with Crippen LogP contribution in [-0.4, -0.2) is 18.3 Å². The standard InChI is InChI=1S/C14H20O3/c1-14(2,3)13-8-11(15)10-7-9(16-4)5-6-12(10)17-13/h5-7,11,13,15H,8H2,1-4H3. The van der Waals surface area contributed by atoms with Gasteiger partial charge in [-0.05, 0) is 23.6 Å². The van der Waals surface area contributed by atoms with Crippen LogP contribution in [0.3, 0.4) is 0 Å². The summed E-state index contributed by atoms with van der Waals surface area (Å²) in [6, 6.07) is 5.57. The van der Waals surface area contributed by atoms with E-state index in [0.29, 0.717) is 6.42 Å². The molecule has 0 aliphatic carbocycles. The first-order chi connectivity index (χ1) is 7.91. The lowest BCUT2D eigenvalue weighted by Gasteiger charge is -2.37. The van der Waals surface area contributed by atoms with Crippen molar-refractivity contribution in [1.29, 1.82) is 0 Å². The Morgan fingerprint density at radius 2 is 2.06 bits per heavy atom. The molecule has 0 saturated carbocycles. The van der Waals surface area contributed by atoms with Gasteiger partial charge in [-0.25, -0.2) is 0 Å². The van der Waals surface area contributed by atoms with Gasteiger partial charge in [-0.15, -0.1) is 0 Å². The fourth-order valence-electron chi connectivity index (χ4n) is 2.08. The minimum absolute atomic E-state index is 0.0264. The van der Waals surface area contributed by atoms with Crippen molar-refractivity contribution in [2.24, 2.45) is 5.41 Å². The Morgan fingerprint density at radius 1 is 1.35 bits per heavy atom. The van der Waals surface area contributed by atoms with E-state index in [1.807, 2.05) is 18.2 Å². The van der Waals surface area contributed by atoms with Gasteiger partial charge in [0.25, 0.3) is 0 Å². The van der Waals surface area contributed by atoms with Crippen LogP contribution in [0.5, 0.6) is 11.5 Å². The summed E-state index contributed by atoms with van der Waals surface area (Å²) >= 11 is 0. The van der Waals surface area contributed by atoms with E-state index in [4.69, 9.17) is 9.47 Å². The van der Waals surface area contributed by atoms with Gasteiger partial charge in [-0.3, -0.25) is 0 Å². The number of rotatable bonds is 1. The van der Waals surface area contributed by atoms with E-state index in [9.17, 15) is 5.11 Å². The highest BCUT2D eigenvalue weighted by Gasteiger charge is 2.34. The molecule has 2 atom stereocenters. The van der Waals surface area contributed by atoms with Crippen LogP contribution in [-0.2, 0) is 0 Å². The number of benzene rings is 1. The number of aliphatic hydroxyl groups excluding tert-OH is 1. The van der Waals surface area contributed by atoms with Crippen molar-refractivity contribution in [3.63, 3.8) is 0 Å². The van der Waals surface area contributed by atoms with Gasteiger partial charge in [0.1, 0.15) is 17.6 Å². The third-order valence-corrected chi connectivity index (χ3v) is 3.25. The quantitative estimate of drug-likeness (QED) is 0.814. The largest absolute Gasteiger partial charge is 0.497 e. The van der Waals surface area contributed by atoms with Crippen LogP contribution < -0.4 is 9.47 Å². The van der Waals surface area contributed by atoms with E-state index in [-0.39, 0.29) is 11.5 Å². The zero-order valence-corrected chi connectivity index (χ0v) is 10.9. The molecule has 1 aliphatic rings. The van der Waals surface area contributed by atoms with Crippen LogP contribution in [0.1, 0.15) is 38.9 Å². The van der Waals surface area contributed by atoms with Crippen LogP contribution >= 0.6 is 0 Å². The Labute approximate surface area is 102 Å². The summed E-state index contributed by atoms with van der Waals surface area (Å²) in [5.41, 5.74) is 0.850. The second kappa shape index (κ2) is 4.22. The summed E-state index contributed by atoms with van der Waals surface area (Å²) in [5.74, 6) is 1.52. The van der Waals surface area contributed by atoms with Gasteiger partial charge in [0.2, 0.25) is 0 Å². The van der Waals surface area contributed by atoms with E-state index in [1.165, 1.54) is 0 Å². The number of hydrogen-bond acceptors (Lipinski definition) is 3. The predicted molar refractivity (Wildman–Crippen MR) is 66.4 cm³/mol. The van der Waals surface area contributed by atoms with E-state index in [0.717, 1.165) is 17.1 Å². The first-order valence-electron chi connectivity index (χ1n) is 5.94. The Morgan fingerprint density at radius 3 is 2.65 bits per heavy atom. The Balaban J connectivity index is 2.32. The second-order valence-corrected chi connectivity index (χ2v) is 5.63. The number of hydrogen-bond donors (Lipinski definition) is 1. The van der Waals surface area contributed by atoms with Crippen LogP contribution in [0.4, 0.5) is 0 Å². The third-order valence-electron chi connectivity index (χ3n) is 3.25. The van der Waals surface area contributed by atoms with Crippen molar-refractivity contribution in [1.82, 2.24) is 0 Å². The van der Waals surface area contributed by atoms with E-state index in [1.54, 1.807) is 7.11 Å². The smallest absolute Gasteiger partial charge is 0.125 e. The van der Waals surface area contributed by atoms with Gasteiger partial charge in [0.05, 0.1) is 13.2 Å². The van der Waals surface area contributed by atoms with Crippen molar-refractivity contribution < 1.29 is 14.6 Å². The third kappa shape index (κ3) is 2.39. The molecule has 1 aliphatic heterocycles. The highest BCUT2D eigenvalue weighted by molar-refractivity contribution is 5.43. The molecule has 2 rings (SSSR count). The lowest BCUT2D eigenvalue weighted by atomic mass is 9.83. The molecule has 1 N–H and O–H groups in total. The summed E-state index contributed by atoms with van der Waals surface area (Å²) in [7, 11) is 1.62. The predicted octanol–water partition coefficient (Wildman–Crippen LogP) is 2.93. The van der Waals surface area contributed by atoms with Gasteiger partial charge in [-0.2, -0.15) is 0 Å². The molecule has 1 aromatic rings. The highest BCUT2D eigenvalue weighted by Crippen LogP contribution is 2.41. The lowest BCUT2D eigenvalue weighted by Crippen LogP contribution is -2.36. The average molecular weight is 236 g/mol. The number of ether oxygens (including phenoxy) is 2. The minimum Gasteiger partial charge on any atom is -0.497 e. The summed E-state index contributed by atoms with van der Waals surface area (Å²) < 4.78 is 11.1. The highest BCUT2D eigenvalue weighted by atomic mass is 16.5. The molecular formula is C14H20O3. The Kier molecular flexibility index (Phi) is 3.04. The van der Waals surface area contributed by atoms with Crippen LogP contribution in [0, 0.1) is 5.41 Å². The monoisotopic (exact) mass is 236 g/mol. The van der Waals surface area contributed by atoms with E-state index >= 15 is 0 Å². The minimum atomic E-state index is -0.474. The van der Waals surface area contributed by atoms with E-state index in [2.05, 4.69) is 20.8 Å². The molecular weight excluding hydrogens is 216 g/mol. The van der Waals surface area contributed by atoms with Crippen molar-refractivity contribution in [3.8, 4) is 11.5 Å². The summed E-state index contributed by atoms with van der Waals surface area (Å²) in [6.45, 7) is 6.37. The van der Waals surface area contributed by atoms with Gasteiger partial charge < -0.3 is 14.6 Å². The summed E-state index contributed by atoms with van der Waals surface area (Å²) in [6.07, 6.45) is 0.195. The van der Waals surface area contributed by atoms with Gasteiger partial charge in [0.15, 0.2) is 0 Å². The average Bonchev–Trinajstić information content (AvgIpc) is 2.27. The molecule has 3 heteroatoms. The van der Waals surface area contributed by atoms with Crippen LogP contribution in [0.25, 0.3) is 0 Å². The van der Waals surface area contributed by atoms with Crippen molar-refractivity contribution in [3.05, 3.63) is 23.8 Å². The van der Waals surface area contributed by atoms with Gasteiger partial charge in [0, 0.05) is 12.0 Å². The molecule has 94 valence electrons. The second-order valence-electron chi connectivity index (χ2n) is 5.63. The maximum Gasteiger partial charge on any atom is 0.125 e. The number of methoxy groups -OCH3 is 1. The Bertz CT molecular complexity index is 406. The molecule has 3 nitrogen and oxygen atoms in total. The molecule has 0 bridgehead atoms. The first kappa shape index (κ1) is 12.2. The topological polar surface area (TPSA) is 38.7 Å². The number of fused-ring (bicyclic) bond motifs is 1. The zero-order valence-electron chi connectivity index (χ0n) is 10.9.